The van der Waals surface area contributed by atoms with Crippen LogP contribution in [0.3, 0.4) is 0 Å². The molecule has 40 heavy (non-hydrogen) atoms. The van der Waals surface area contributed by atoms with Gasteiger partial charge in [-0.25, -0.2) is 14.8 Å². The van der Waals surface area contributed by atoms with Gasteiger partial charge in [0.15, 0.2) is 17.0 Å². The van der Waals surface area contributed by atoms with Crippen LogP contribution in [0.5, 0.6) is 0 Å². The topological polar surface area (TPSA) is 117 Å². The Bertz CT molecular complexity index is 1910. The van der Waals surface area contributed by atoms with E-state index in [0.717, 1.165) is 35.9 Å². The second-order valence-electron chi connectivity index (χ2n) is 10.1. The maximum absolute atomic E-state index is 14.1. The number of rotatable bonds is 5. The van der Waals surface area contributed by atoms with E-state index in [0.29, 0.717) is 35.2 Å². The SMILES string of the molecule is CC#CCn1c(N2CCCC(N)C2)nc2c1c(=O)n(Cc1nc(-c3ccccc3)nc3ccccc13)c(=O)n2C. The molecule has 2 N–H and O–H groups in total. The van der Waals surface area contributed by atoms with Crippen molar-refractivity contribution in [2.45, 2.75) is 38.9 Å². The van der Waals surface area contributed by atoms with Crippen molar-refractivity contribution in [1.82, 2.24) is 28.7 Å². The van der Waals surface area contributed by atoms with Crippen LogP contribution in [0.4, 0.5) is 5.95 Å². The summed E-state index contributed by atoms with van der Waals surface area (Å²) in [6.45, 7) is 3.41. The molecule has 1 unspecified atom stereocenters. The fourth-order valence-corrected chi connectivity index (χ4v) is 5.37. The molecule has 0 radical (unpaired) electrons. The number of piperidine rings is 1. The molecule has 3 aromatic heterocycles. The minimum atomic E-state index is -0.463. The van der Waals surface area contributed by atoms with Crippen LogP contribution in [-0.2, 0) is 20.1 Å². The second-order valence-corrected chi connectivity index (χ2v) is 10.1. The molecule has 10 nitrogen and oxygen atoms in total. The van der Waals surface area contributed by atoms with Crippen LogP contribution in [0.15, 0.2) is 64.2 Å². The summed E-state index contributed by atoms with van der Waals surface area (Å²) in [5, 5.41) is 0.782. The van der Waals surface area contributed by atoms with E-state index >= 15 is 0 Å². The van der Waals surface area contributed by atoms with Crippen LogP contribution in [0.25, 0.3) is 33.5 Å². The Morgan fingerprint density at radius 3 is 2.55 bits per heavy atom. The van der Waals surface area contributed by atoms with Gasteiger partial charge in [0.2, 0.25) is 5.95 Å². The number of fused-ring (bicyclic) bond motifs is 2. The Morgan fingerprint density at radius 2 is 1.77 bits per heavy atom. The van der Waals surface area contributed by atoms with E-state index in [4.69, 9.17) is 20.7 Å². The molecule has 0 spiro atoms. The van der Waals surface area contributed by atoms with Crippen LogP contribution < -0.4 is 21.9 Å². The third kappa shape index (κ3) is 4.44. The third-order valence-electron chi connectivity index (χ3n) is 7.39. The van der Waals surface area contributed by atoms with Crippen molar-refractivity contribution in [1.29, 1.82) is 0 Å². The van der Waals surface area contributed by atoms with E-state index in [1.54, 1.807) is 14.0 Å². The highest BCUT2D eigenvalue weighted by Crippen LogP contribution is 2.24. The summed E-state index contributed by atoms with van der Waals surface area (Å²) in [6.07, 6.45) is 1.87. The predicted octanol–water partition coefficient (Wildman–Crippen LogP) is 2.51. The fourth-order valence-electron chi connectivity index (χ4n) is 5.37. The maximum Gasteiger partial charge on any atom is 0.332 e. The Hall–Kier alpha value is -4.75. The van der Waals surface area contributed by atoms with Gasteiger partial charge in [-0.15, -0.1) is 5.92 Å². The van der Waals surface area contributed by atoms with Gasteiger partial charge in [0.25, 0.3) is 5.56 Å². The van der Waals surface area contributed by atoms with Gasteiger partial charge >= 0.3 is 5.69 Å². The molecule has 0 saturated carbocycles. The van der Waals surface area contributed by atoms with Crippen LogP contribution >= 0.6 is 0 Å². The normalized spacial score (nSPS) is 15.4. The number of benzene rings is 2. The van der Waals surface area contributed by atoms with E-state index < -0.39 is 11.2 Å². The van der Waals surface area contributed by atoms with Crippen molar-refractivity contribution in [3.63, 3.8) is 0 Å². The molecule has 5 aromatic rings. The molecule has 2 aromatic carbocycles. The second kappa shape index (κ2) is 10.4. The molecule has 1 saturated heterocycles. The molecule has 1 aliphatic heterocycles. The highest BCUT2D eigenvalue weighted by atomic mass is 16.2. The standard InChI is InChI=1S/C30H30N8O2/c1-3-4-17-37-25-27(34-29(37)36-16-10-13-21(31)18-36)35(2)30(40)38(28(25)39)19-24-22-14-8-9-15-23(22)32-26(33-24)20-11-6-5-7-12-20/h5-9,11-12,14-15,21H,10,13,16-19,31H2,1-2H3. The molecule has 0 amide bonds. The van der Waals surface area contributed by atoms with Gasteiger partial charge in [0.1, 0.15) is 0 Å². The van der Waals surface area contributed by atoms with Gasteiger partial charge in [-0.05, 0) is 25.8 Å². The number of nitrogens with two attached hydrogens (primary N) is 1. The molecule has 6 rings (SSSR count). The van der Waals surface area contributed by atoms with Crippen LogP contribution in [0, 0.1) is 11.8 Å². The number of nitrogens with zero attached hydrogens (tertiary/aromatic N) is 7. The quantitative estimate of drug-likeness (QED) is 0.344. The van der Waals surface area contributed by atoms with Crippen molar-refractivity contribution < 1.29 is 0 Å². The lowest BCUT2D eigenvalue weighted by Gasteiger charge is -2.31. The lowest BCUT2D eigenvalue weighted by Crippen LogP contribution is -2.44. The molecule has 0 bridgehead atoms. The maximum atomic E-state index is 14.1. The molecule has 4 heterocycles. The first-order chi connectivity index (χ1) is 19.5. The van der Waals surface area contributed by atoms with Crippen molar-refractivity contribution in [3.8, 4) is 23.2 Å². The number of imidazole rings is 1. The van der Waals surface area contributed by atoms with E-state index in [-0.39, 0.29) is 19.1 Å². The number of hydrogen-bond acceptors (Lipinski definition) is 7. The lowest BCUT2D eigenvalue weighted by atomic mass is 10.1. The largest absolute Gasteiger partial charge is 0.341 e. The van der Waals surface area contributed by atoms with Crippen molar-refractivity contribution in [3.05, 3.63) is 81.1 Å². The summed E-state index contributed by atoms with van der Waals surface area (Å²) in [6, 6.07) is 17.3. The van der Waals surface area contributed by atoms with Crippen molar-refractivity contribution in [2.24, 2.45) is 12.8 Å². The fraction of sp³-hybridized carbons (Fsp3) is 0.300. The van der Waals surface area contributed by atoms with E-state index in [9.17, 15) is 9.59 Å². The highest BCUT2D eigenvalue weighted by Gasteiger charge is 2.26. The molecule has 1 aliphatic rings. The summed E-state index contributed by atoms with van der Waals surface area (Å²) >= 11 is 0. The number of hydrogen-bond donors (Lipinski definition) is 1. The molecule has 1 atom stereocenters. The molecule has 0 aliphatic carbocycles. The Labute approximate surface area is 230 Å². The average molecular weight is 535 g/mol. The number of para-hydroxylation sites is 1. The van der Waals surface area contributed by atoms with E-state index in [1.807, 2.05) is 59.2 Å². The van der Waals surface area contributed by atoms with Crippen LogP contribution in [0.1, 0.15) is 25.5 Å². The number of anilines is 1. The Morgan fingerprint density at radius 1 is 1.00 bits per heavy atom. The minimum absolute atomic E-state index is 0.0150. The van der Waals surface area contributed by atoms with Crippen LogP contribution in [-0.4, -0.2) is 47.8 Å². The summed E-state index contributed by atoms with van der Waals surface area (Å²) in [4.78, 5) is 44.2. The van der Waals surface area contributed by atoms with Gasteiger partial charge in [-0.1, -0.05) is 54.5 Å². The first kappa shape index (κ1) is 25.5. The zero-order valence-corrected chi connectivity index (χ0v) is 22.5. The molecule has 202 valence electrons. The highest BCUT2D eigenvalue weighted by molar-refractivity contribution is 5.83. The van der Waals surface area contributed by atoms with Gasteiger partial charge in [0, 0.05) is 37.1 Å². The molecular weight excluding hydrogens is 504 g/mol. The van der Waals surface area contributed by atoms with Crippen LogP contribution in [0.2, 0.25) is 0 Å². The molecule has 1 fully saturated rings. The summed E-state index contributed by atoms with van der Waals surface area (Å²) < 4.78 is 4.48. The third-order valence-corrected chi connectivity index (χ3v) is 7.39. The van der Waals surface area contributed by atoms with E-state index in [2.05, 4.69) is 16.7 Å². The van der Waals surface area contributed by atoms with E-state index in [1.165, 1.54) is 9.13 Å². The van der Waals surface area contributed by atoms with Crippen molar-refractivity contribution >= 4 is 28.0 Å². The summed E-state index contributed by atoms with van der Waals surface area (Å²) in [7, 11) is 1.64. The zero-order valence-electron chi connectivity index (χ0n) is 22.5. The van der Waals surface area contributed by atoms with Gasteiger partial charge in [-0.3, -0.25) is 18.5 Å². The summed E-state index contributed by atoms with van der Waals surface area (Å²) in [5.74, 6) is 7.13. The lowest BCUT2D eigenvalue weighted by molar-refractivity contribution is 0.496. The van der Waals surface area contributed by atoms with Gasteiger partial charge in [0.05, 0.1) is 24.3 Å². The molecule has 10 heteroatoms. The Kier molecular flexibility index (Phi) is 6.66. The number of aryl methyl sites for hydroxylation is 1. The summed E-state index contributed by atoms with van der Waals surface area (Å²) in [5.41, 5.74) is 8.21. The average Bonchev–Trinajstić information content (AvgIpc) is 3.37. The predicted molar refractivity (Wildman–Crippen MR) is 156 cm³/mol. The smallest absolute Gasteiger partial charge is 0.332 e. The minimum Gasteiger partial charge on any atom is -0.341 e. The van der Waals surface area contributed by atoms with Gasteiger partial charge < -0.3 is 10.6 Å². The zero-order chi connectivity index (χ0) is 27.8. The number of aromatic nitrogens is 6. The Balaban J connectivity index is 1.55. The van der Waals surface area contributed by atoms with Gasteiger partial charge in [-0.2, -0.15) is 4.98 Å². The van der Waals surface area contributed by atoms with Crippen molar-refractivity contribution in [2.75, 3.05) is 18.0 Å². The first-order valence-electron chi connectivity index (χ1n) is 13.4. The monoisotopic (exact) mass is 534 g/mol. The first-order valence-corrected chi connectivity index (χ1v) is 13.4. The molecular formula is C30H30N8O2.